The molecule has 1 amide bonds. The SMILES string of the molecule is O=C1CC2CN(Cc3ccccc3)CC2C2=C/C=C\C=C/C=C\2N1. The van der Waals surface area contributed by atoms with E-state index in [1.807, 2.05) is 24.3 Å². The van der Waals surface area contributed by atoms with E-state index in [1.165, 1.54) is 11.1 Å². The number of carbonyl (C=O) groups excluding carboxylic acids is 1. The highest BCUT2D eigenvalue weighted by Gasteiger charge is 2.39. The molecule has 4 rings (SSSR count). The molecule has 3 aliphatic rings. The Morgan fingerprint density at radius 2 is 1.79 bits per heavy atom. The minimum absolute atomic E-state index is 0.138. The first-order chi connectivity index (χ1) is 11.8. The van der Waals surface area contributed by atoms with E-state index in [9.17, 15) is 4.79 Å². The summed E-state index contributed by atoms with van der Waals surface area (Å²) in [7, 11) is 0. The zero-order chi connectivity index (χ0) is 16.4. The van der Waals surface area contributed by atoms with Crippen molar-refractivity contribution < 1.29 is 4.79 Å². The number of nitrogens with zero attached hydrogens (tertiary/aromatic N) is 1. The summed E-state index contributed by atoms with van der Waals surface area (Å²) in [6.07, 6.45) is 12.9. The number of hydrogen-bond donors (Lipinski definition) is 1. The maximum absolute atomic E-state index is 12.3. The Kier molecular flexibility index (Phi) is 4.18. The summed E-state index contributed by atoms with van der Waals surface area (Å²) < 4.78 is 0. The minimum atomic E-state index is 0.138. The van der Waals surface area contributed by atoms with Crippen LogP contribution < -0.4 is 5.32 Å². The van der Waals surface area contributed by atoms with Crippen LogP contribution >= 0.6 is 0 Å². The summed E-state index contributed by atoms with van der Waals surface area (Å²) in [5.74, 6) is 0.942. The molecule has 3 nitrogen and oxygen atoms in total. The van der Waals surface area contributed by atoms with E-state index in [1.54, 1.807) is 0 Å². The number of nitrogens with one attached hydrogen (secondary N) is 1. The largest absolute Gasteiger partial charge is 0.326 e. The number of likely N-dealkylation sites (tertiary alicyclic amines) is 1. The molecule has 1 aromatic rings. The second kappa shape index (κ2) is 6.62. The fourth-order valence-corrected chi connectivity index (χ4v) is 3.99. The van der Waals surface area contributed by atoms with Crippen molar-refractivity contribution in [3.05, 3.63) is 83.6 Å². The van der Waals surface area contributed by atoms with Crippen molar-refractivity contribution in [1.29, 1.82) is 0 Å². The molecule has 3 heteroatoms. The van der Waals surface area contributed by atoms with Crippen LogP contribution in [0.25, 0.3) is 0 Å². The monoisotopic (exact) mass is 318 g/mol. The van der Waals surface area contributed by atoms with Crippen LogP contribution in [0.5, 0.6) is 0 Å². The molecule has 2 heterocycles. The summed E-state index contributed by atoms with van der Waals surface area (Å²) in [5.41, 5.74) is 3.57. The Bertz CT molecular complexity index is 742. The van der Waals surface area contributed by atoms with Gasteiger partial charge in [-0.1, -0.05) is 60.7 Å². The first-order valence-electron chi connectivity index (χ1n) is 8.61. The molecular weight excluding hydrogens is 296 g/mol. The van der Waals surface area contributed by atoms with Crippen LogP contribution in [0.15, 0.2) is 78.1 Å². The molecule has 2 saturated heterocycles. The molecule has 0 aromatic heterocycles. The minimum Gasteiger partial charge on any atom is -0.326 e. The first kappa shape index (κ1) is 15.2. The Morgan fingerprint density at radius 1 is 1.00 bits per heavy atom. The van der Waals surface area contributed by atoms with E-state index >= 15 is 0 Å². The van der Waals surface area contributed by atoms with Gasteiger partial charge in [0.25, 0.3) is 0 Å². The third kappa shape index (κ3) is 3.13. The van der Waals surface area contributed by atoms with E-state index < -0.39 is 0 Å². The fraction of sp³-hybridized carbons (Fsp3) is 0.286. The second-order valence-electron chi connectivity index (χ2n) is 6.77. The molecule has 1 aromatic carbocycles. The topological polar surface area (TPSA) is 32.3 Å². The van der Waals surface area contributed by atoms with Gasteiger partial charge in [0.1, 0.15) is 0 Å². The summed E-state index contributed by atoms with van der Waals surface area (Å²) in [4.78, 5) is 14.8. The Labute approximate surface area is 143 Å². The van der Waals surface area contributed by atoms with Gasteiger partial charge in [-0.05, 0) is 23.1 Å². The number of fused-ring (bicyclic) bond motifs is 3. The molecule has 122 valence electrons. The zero-order valence-corrected chi connectivity index (χ0v) is 13.7. The maximum atomic E-state index is 12.3. The van der Waals surface area contributed by atoms with E-state index in [4.69, 9.17) is 0 Å². The van der Waals surface area contributed by atoms with Crippen LogP contribution in [0.4, 0.5) is 0 Å². The molecular formula is C21H22N2O. The normalized spacial score (nSPS) is 33.4. The zero-order valence-electron chi connectivity index (χ0n) is 13.7. The molecule has 2 fully saturated rings. The average molecular weight is 318 g/mol. The van der Waals surface area contributed by atoms with Crippen molar-refractivity contribution in [2.75, 3.05) is 13.1 Å². The lowest BCUT2D eigenvalue weighted by Crippen LogP contribution is -2.26. The van der Waals surface area contributed by atoms with Gasteiger partial charge in [-0.3, -0.25) is 9.69 Å². The average Bonchev–Trinajstić information content (AvgIpc) is 2.88. The molecule has 2 atom stereocenters. The van der Waals surface area contributed by atoms with Crippen molar-refractivity contribution in [2.45, 2.75) is 13.0 Å². The standard InChI is InChI=1S/C21H22N2O/c24-21-12-17-14-23(13-16-8-4-3-5-9-16)15-19(17)18-10-6-1-2-7-11-20(18)22-21/h1-11,17,19H,12-15H2,(H,22,24)/b2-1?,6-1-,7-2-,10-6?,11-7?,18-10-,20-11+. The molecule has 0 spiro atoms. The van der Waals surface area contributed by atoms with Crippen LogP contribution in [-0.2, 0) is 11.3 Å². The van der Waals surface area contributed by atoms with Crippen LogP contribution in [0.2, 0.25) is 0 Å². The number of rotatable bonds is 2. The van der Waals surface area contributed by atoms with Crippen molar-refractivity contribution in [3.63, 3.8) is 0 Å². The van der Waals surface area contributed by atoms with Crippen molar-refractivity contribution in [3.8, 4) is 0 Å². The summed E-state index contributed by atoms with van der Waals surface area (Å²) in [6, 6.07) is 10.6. The summed E-state index contributed by atoms with van der Waals surface area (Å²) >= 11 is 0. The predicted octanol–water partition coefficient (Wildman–Crippen LogP) is 3.19. The van der Waals surface area contributed by atoms with Gasteiger partial charge in [-0.2, -0.15) is 0 Å². The van der Waals surface area contributed by atoms with Crippen molar-refractivity contribution >= 4 is 5.91 Å². The number of hydrogen-bond acceptors (Lipinski definition) is 2. The van der Waals surface area contributed by atoms with Gasteiger partial charge in [-0.25, -0.2) is 0 Å². The lowest BCUT2D eigenvalue weighted by atomic mass is 9.86. The van der Waals surface area contributed by atoms with E-state index in [0.717, 1.165) is 25.3 Å². The van der Waals surface area contributed by atoms with Gasteiger partial charge >= 0.3 is 0 Å². The Balaban J connectivity index is 1.59. The van der Waals surface area contributed by atoms with Gasteiger partial charge in [0.2, 0.25) is 5.91 Å². The predicted molar refractivity (Wildman–Crippen MR) is 95.9 cm³/mol. The first-order valence-corrected chi connectivity index (χ1v) is 8.61. The molecule has 0 bridgehead atoms. The highest BCUT2D eigenvalue weighted by Crippen LogP contribution is 2.37. The van der Waals surface area contributed by atoms with Gasteiger partial charge < -0.3 is 5.32 Å². The fourth-order valence-electron chi connectivity index (χ4n) is 3.99. The lowest BCUT2D eigenvalue weighted by Gasteiger charge is -2.19. The van der Waals surface area contributed by atoms with Crippen molar-refractivity contribution in [2.24, 2.45) is 11.8 Å². The molecule has 0 radical (unpaired) electrons. The quantitative estimate of drug-likeness (QED) is 0.908. The smallest absolute Gasteiger partial charge is 0.224 e. The van der Waals surface area contributed by atoms with Gasteiger partial charge in [0.05, 0.1) is 0 Å². The van der Waals surface area contributed by atoms with Crippen LogP contribution in [-0.4, -0.2) is 23.9 Å². The van der Waals surface area contributed by atoms with Crippen LogP contribution in [0.1, 0.15) is 12.0 Å². The third-order valence-electron chi connectivity index (χ3n) is 5.07. The second-order valence-corrected chi connectivity index (χ2v) is 6.77. The van der Waals surface area contributed by atoms with Crippen LogP contribution in [0, 0.1) is 11.8 Å². The highest BCUT2D eigenvalue weighted by atomic mass is 16.1. The van der Waals surface area contributed by atoms with Gasteiger partial charge in [-0.15, -0.1) is 0 Å². The molecule has 24 heavy (non-hydrogen) atoms. The van der Waals surface area contributed by atoms with Gasteiger partial charge in [0, 0.05) is 37.7 Å². The van der Waals surface area contributed by atoms with E-state index in [2.05, 4.69) is 52.7 Å². The molecule has 2 unspecified atom stereocenters. The summed E-state index contributed by atoms with van der Waals surface area (Å²) in [5, 5.41) is 3.09. The Hall–Kier alpha value is -2.39. The lowest BCUT2D eigenvalue weighted by molar-refractivity contribution is -0.121. The van der Waals surface area contributed by atoms with Crippen LogP contribution in [0.3, 0.4) is 0 Å². The Morgan fingerprint density at radius 3 is 2.62 bits per heavy atom. The number of carbonyl (C=O) groups is 1. The molecule has 1 aliphatic carbocycles. The van der Waals surface area contributed by atoms with E-state index in [-0.39, 0.29) is 5.91 Å². The number of allylic oxidation sites excluding steroid dienone is 7. The third-order valence-corrected chi connectivity index (χ3v) is 5.07. The number of benzene rings is 1. The number of amides is 1. The molecule has 2 aliphatic heterocycles. The molecule has 0 saturated carbocycles. The van der Waals surface area contributed by atoms with E-state index in [0.29, 0.717) is 18.3 Å². The molecule has 1 N–H and O–H groups in total. The maximum Gasteiger partial charge on any atom is 0.224 e. The highest BCUT2D eigenvalue weighted by molar-refractivity contribution is 5.80. The summed E-state index contributed by atoms with van der Waals surface area (Å²) in [6.45, 7) is 2.95. The van der Waals surface area contributed by atoms with Gasteiger partial charge in [0.15, 0.2) is 0 Å². The van der Waals surface area contributed by atoms with Crippen molar-refractivity contribution in [1.82, 2.24) is 10.2 Å².